The average molecular weight is 274 g/mol. The molecule has 0 spiro atoms. The first-order chi connectivity index (χ1) is 9.84. The van der Waals surface area contributed by atoms with Crippen LogP contribution >= 0.6 is 0 Å². The van der Waals surface area contributed by atoms with Crippen LogP contribution in [-0.2, 0) is 11.2 Å². The molecule has 0 aliphatic carbocycles. The van der Waals surface area contributed by atoms with E-state index in [4.69, 9.17) is 0 Å². The van der Waals surface area contributed by atoms with Gasteiger partial charge in [-0.25, -0.2) is 0 Å². The molecule has 1 aromatic carbocycles. The number of rotatable bonds is 6. The van der Waals surface area contributed by atoms with Crippen LogP contribution in [0.5, 0.6) is 0 Å². The van der Waals surface area contributed by atoms with E-state index >= 15 is 0 Å². The highest BCUT2D eigenvalue weighted by Gasteiger charge is 2.12. The summed E-state index contributed by atoms with van der Waals surface area (Å²) in [4.78, 5) is 14.2. The smallest absolute Gasteiger partial charge is 0.234 e. The second kappa shape index (κ2) is 8.75. The highest BCUT2D eigenvalue weighted by molar-refractivity contribution is 5.77. The van der Waals surface area contributed by atoms with Crippen LogP contribution < -0.4 is 5.32 Å². The number of carbonyl (C=O) groups is 1. The molecule has 0 bridgehead atoms. The maximum Gasteiger partial charge on any atom is 0.234 e. The number of likely N-dealkylation sites (tertiary alicyclic amines) is 1. The molecule has 0 saturated carbocycles. The molecule has 2 rings (SSSR count). The molecule has 1 aliphatic rings. The minimum Gasteiger partial charge on any atom is -0.355 e. The molecule has 110 valence electrons. The first-order valence-corrected chi connectivity index (χ1v) is 7.87. The fourth-order valence-electron chi connectivity index (χ4n) is 2.72. The van der Waals surface area contributed by atoms with Crippen molar-refractivity contribution in [1.29, 1.82) is 0 Å². The van der Waals surface area contributed by atoms with Gasteiger partial charge >= 0.3 is 0 Å². The zero-order valence-electron chi connectivity index (χ0n) is 12.3. The van der Waals surface area contributed by atoms with Crippen molar-refractivity contribution < 1.29 is 4.79 Å². The fourth-order valence-corrected chi connectivity index (χ4v) is 2.72. The van der Waals surface area contributed by atoms with Crippen molar-refractivity contribution in [3.63, 3.8) is 0 Å². The lowest BCUT2D eigenvalue weighted by atomic mass is 10.1. The molecule has 1 amide bonds. The number of aryl methyl sites for hydroxylation is 1. The number of hydrogen-bond donors (Lipinski definition) is 1. The summed E-state index contributed by atoms with van der Waals surface area (Å²) in [6.45, 7) is 3.52. The molecule has 0 atom stereocenters. The predicted octanol–water partition coefficient (Wildman–Crippen LogP) is 2.61. The van der Waals surface area contributed by atoms with Crippen LogP contribution in [-0.4, -0.2) is 37.0 Å². The quantitative estimate of drug-likeness (QED) is 0.809. The monoisotopic (exact) mass is 274 g/mol. The number of amides is 1. The minimum atomic E-state index is 0.181. The van der Waals surface area contributed by atoms with Crippen LogP contribution in [0.25, 0.3) is 0 Å². The van der Waals surface area contributed by atoms with Gasteiger partial charge < -0.3 is 5.32 Å². The van der Waals surface area contributed by atoms with Gasteiger partial charge in [0.1, 0.15) is 0 Å². The van der Waals surface area contributed by atoms with Crippen molar-refractivity contribution >= 4 is 5.91 Å². The molecule has 1 aliphatic heterocycles. The minimum absolute atomic E-state index is 0.181. The molecule has 0 radical (unpaired) electrons. The second-order valence-corrected chi connectivity index (χ2v) is 5.63. The zero-order valence-corrected chi connectivity index (χ0v) is 12.3. The summed E-state index contributed by atoms with van der Waals surface area (Å²) >= 11 is 0. The van der Waals surface area contributed by atoms with Crippen molar-refractivity contribution in [3.8, 4) is 0 Å². The van der Waals surface area contributed by atoms with Gasteiger partial charge in [0, 0.05) is 6.54 Å². The lowest BCUT2D eigenvalue weighted by molar-refractivity contribution is -0.122. The van der Waals surface area contributed by atoms with Crippen LogP contribution in [0.1, 0.15) is 37.7 Å². The Balaban J connectivity index is 1.58. The van der Waals surface area contributed by atoms with Crippen molar-refractivity contribution in [1.82, 2.24) is 10.2 Å². The molecule has 1 N–H and O–H groups in total. The Morgan fingerprint density at radius 3 is 2.45 bits per heavy atom. The lowest BCUT2D eigenvalue weighted by Crippen LogP contribution is -2.38. The van der Waals surface area contributed by atoms with E-state index in [1.54, 1.807) is 0 Å². The molecule has 3 nitrogen and oxygen atoms in total. The molecule has 3 heteroatoms. The Bertz CT molecular complexity index is 383. The maximum absolute atomic E-state index is 11.9. The Morgan fingerprint density at radius 2 is 1.75 bits per heavy atom. The summed E-state index contributed by atoms with van der Waals surface area (Å²) in [5.74, 6) is 0.181. The van der Waals surface area contributed by atoms with Gasteiger partial charge in [0.25, 0.3) is 0 Å². The Labute approximate surface area is 122 Å². The topological polar surface area (TPSA) is 32.3 Å². The first kappa shape index (κ1) is 15.0. The molecule has 0 aromatic heterocycles. The molecule has 1 aromatic rings. The second-order valence-electron chi connectivity index (χ2n) is 5.63. The van der Waals surface area contributed by atoms with E-state index in [2.05, 4.69) is 34.5 Å². The van der Waals surface area contributed by atoms with Crippen molar-refractivity contribution in [3.05, 3.63) is 35.9 Å². The third-order valence-corrected chi connectivity index (χ3v) is 3.87. The normalized spacial score (nSPS) is 16.6. The van der Waals surface area contributed by atoms with E-state index in [9.17, 15) is 4.79 Å². The van der Waals surface area contributed by atoms with Crippen LogP contribution in [0.15, 0.2) is 30.3 Å². The SMILES string of the molecule is O=C(CN1CCCCCC1)NCCCc1ccccc1. The third kappa shape index (κ3) is 5.74. The summed E-state index contributed by atoms with van der Waals surface area (Å²) < 4.78 is 0. The maximum atomic E-state index is 11.9. The summed E-state index contributed by atoms with van der Waals surface area (Å²) in [7, 11) is 0. The number of nitrogens with one attached hydrogen (secondary N) is 1. The highest BCUT2D eigenvalue weighted by atomic mass is 16.2. The molecule has 1 heterocycles. The van der Waals surface area contributed by atoms with E-state index in [0.717, 1.165) is 32.5 Å². The summed E-state index contributed by atoms with van der Waals surface area (Å²) in [6.07, 6.45) is 7.15. The summed E-state index contributed by atoms with van der Waals surface area (Å²) in [5, 5.41) is 3.04. The number of hydrogen-bond acceptors (Lipinski definition) is 2. The molecule has 20 heavy (non-hydrogen) atoms. The van der Waals surface area contributed by atoms with Crippen molar-refractivity contribution in [2.45, 2.75) is 38.5 Å². The van der Waals surface area contributed by atoms with Gasteiger partial charge in [-0.1, -0.05) is 43.2 Å². The molecule has 1 fully saturated rings. The van der Waals surface area contributed by atoms with E-state index in [0.29, 0.717) is 6.54 Å². The number of nitrogens with zero attached hydrogens (tertiary/aromatic N) is 1. The zero-order chi connectivity index (χ0) is 14.0. The van der Waals surface area contributed by atoms with E-state index in [1.165, 1.54) is 31.2 Å². The highest BCUT2D eigenvalue weighted by Crippen LogP contribution is 2.08. The first-order valence-electron chi connectivity index (χ1n) is 7.87. The van der Waals surface area contributed by atoms with Crippen LogP contribution in [0.2, 0.25) is 0 Å². The van der Waals surface area contributed by atoms with Crippen molar-refractivity contribution in [2.24, 2.45) is 0 Å². The van der Waals surface area contributed by atoms with E-state index in [-0.39, 0.29) is 5.91 Å². The van der Waals surface area contributed by atoms with Gasteiger partial charge in [-0.05, 0) is 44.3 Å². The van der Waals surface area contributed by atoms with E-state index in [1.807, 2.05) is 6.07 Å². The van der Waals surface area contributed by atoms with E-state index < -0.39 is 0 Å². The molecule has 1 saturated heterocycles. The predicted molar refractivity (Wildman–Crippen MR) is 82.7 cm³/mol. The van der Waals surface area contributed by atoms with Gasteiger partial charge in [0.05, 0.1) is 6.54 Å². The lowest BCUT2D eigenvalue weighted by Gasteiger charge is -2.18. The number of benzene rings is 1. The van der Waals surface area contributed by atoms with Gasteiger partial charge in [-0.15, -0.1) is 0 Å². The fraction of sp³-hybridized carbons (Fsp3) is 0.588. The van der Waals surface area contributed by atoms with Crippen LogP contribution in [0, 0.1) is 0 Å². The van der Waals surface area contributed by atoms with Gasteiger partial charge in [-0.3, -0.25) is 9.69 Å². The largest absolute Gasteiger partial charge is 0.355 e. The van der Waals surface area contributed by atoms with Crippen LogP contribution in [0.4, 0.5) is 0 Å². The average Bonchev–Trinajstić information content (AvgIpc) is 2.73. The van der Waals surface area contributed by atoms with Gasteiger partial charge in [-0.2, -0.15) is 0 Å². The van der Waals surface area contributed by atoms with Gasteiger partial charge in [0.2, 0.25) is 5.91 Å². The van der Waals surface area contributed by atoms with Crippen molar-refractivity contribution in [2.75, 3.05) is 26.2 Å². The molecular formula is C17H26N2O. The molecule has 0 unspecified atom stereocenters. The van der Waals surface area contributed by atoms with Gasteiger partial charge in [0.15, 0.2) is 0 Å². The Hall–Kier alpha value is -1.35. The summed E-state index contributed by atoms with van der Waals surface area (Å²) in [6, 6.07) is 10.4. The standard InChI is InChI=1S/C17H26N2O/c20-17(15-19-13-6-1-2-7-14-19)18-12-8-11-16-9-4-3-5-10-16/h3-5,9-10H,1-2,6-8,11-15H2,(H,18,20). The van der Waals surface area contributed by atoms with Crippen LogP contribution in [0.3, 0.4) is 0 Å². The Kier molecular flexibility index (Phi) is 6.58. The molecular weight excluding hydrogens is 248 g/mol. The number of carbonyl (C=O) groups excluding carboxylic acids is 1. The third-order valence-electron chi connectivity index (χ3n) is 3.87. The summed E-state index contributed by atoms with van der Waals surface area (Å²) in [5.41, 5.74) is 1.34. The Morgan fingerprint density at radius 1 is 1.05 bits per heavy atom.